The number of aryl methyl sites for hydroxylation is 1. The molecule has 0 saturated heterocycles. The molecule has 1 aromatic carbocycles. The van der Waals surface area contributed by atoms with Crippen molar-refractivity contribution in [2.24, 2.45) is 5.92 Å². The molecule has 0 radical (unpaired) electrons. The van der Waals surface area contributed by atoms with E-state index in [4.69, 9.17) is 9.26 Å². The molecule has 1 aliphatic carbocycles. The Kier molecular flexibility index (Phi) is 3.72. The van der Waals surface area contributed by atoms with E-state index in [9.17, 15) is 4.79 Å². The number of hydrogen-bond donors (Lipinski definition) is 1. The van der Waals surface area contributed by atoms with Gasteiger partial charge in [-0.2, -0.15) is 0 Å². The van der Waals surface area contributed by atoms with Crippen LogP contribution in [0.2, 0.25) is 0 Å². The van der Waals surface area contributed by atoms with Crippen LogP contribution in [-0.4, -0.2) is 23.2 Å². The predicted octanol–water partition coefficient (Wildman–Crippen LogP) is 3.67. The third-order valence-electron chi connectivity index (χ3n) is 4.32. The average molecular weight is 343 g/mol. The van der Waals surface area contributed by atoms with E-state index in [2.05, 4.69) is 22.4 Å². The molecule has 2 aromatic heterocycles. The molecule has 0 saturated carbocycles. The highest BCUT2D eigenvalue weighted by molar-refractivity contribution is 7.22. The SMILES string of the molecule is COc1ccc2nc(NC(=O)c3noc4c3C[C@@H](C)CC4)sc2c1. The minimum Gasteiger partial charge on any atom is -0.497 e. The normalized spacial score (nSPS) is 16.8. The van der Waals surface area contributed by atoms with Crippen LogP contribution in [0.1, 0.15) is 35.2 Å². The smallest absolute Gasteiger partial charge is 0.279 e. The van der Waals surface area contributed by atoms with Gasteiger partial charge < -0.3 is 9.26 Å². The van der Waals surface area contributed by atoms with Crippen molar-refractivity contribution in [1.29, 1.82) is 0 Å². The summed E-state index contributed by atoms with van der Waals surface area (Å²) in [4.78, 5) is 17.0. The van der Waals surface area contributed by atoms with Gasteiger partial charge >= 0.3 is 0 Å². The molecular weight excluding hydrogens is 326 g/mol. The molecule has 0 bridgehead atoms. The van der Waals surface area contributed by atoms with E-state index in [1.54, 1.807) is 7.11 Å². The molecule has 0 unspecified atom stereocenters. The molecule has 124 valence electrons. The fourth-order valence-electron chi connectivity index (χ4n) is 3.00. The minimum absolute atomic E-state index is 0.264. The maximum atomic E-state index is 12.6. The second kappa shape index (κ2) is 5.90. The summed E-state index contributed by atoms with van der Waals surface area (Å²) in [6, 6.07) is 5.63. The number of benzene rings is 1. The van der Waals surface area contributed by atoms with Crippen molar-refractivity contribution in [2.75, 3.05) is 12.4 Å². The van der Waals surface area contributed by atoms with Gasteiger partial charge in [-0.25, -0.2) is 4.98 Å². The fraction of sp³-hybridized carbons (Fsp3) is 0.353. The van der Waals surface area contributed by atoms with Gasteiger partial charge in [-0.15, -0.1) is 0 Å². The zero-order chi connectivity index (χ0) is 16.7. The summed E-state index contributed by atoms with van der Waals surface area (Å²) in [7, 11) is 1.62. The van der Waals surface area contributed by atoms with E-state index in [1.807, 2.05) is 18.2 Å². The van der Waals surface area contributed by atoms with Crippen LogP contribution < -0.4 is 10.1 Å². The van der Waals surface area contributed by atoms with Crippen LogP contribution in [0.4, 0.5) is 5.13 Å². The van der Waals surface area contributed by atoms with Crippen molar-refractivity contribution < 1.29 is 14.1 Å². The lowest BCUT2D eigenvalue weighted by Crippen LogP contribution is -2.17. The molecule has 0 fully saturated rings. The number of hydrogen-bond acceptors (Lipinski definition) is 6. The number of anilines is 1. The summed E-state index contributed by atoms with van der Waals surface area (Å²) in [6.45, 7) is 2.18. The largest absolute Gasteiger partial charge is 0.497 e. The number of rotatable bonds is 3. The van der Waals surface area contributed by atoms with Crippen molar-refractivity contribution in [3.05, 3.63) is 35.2 Å². The molecule has 6 nitrogen and oxygen atoms in total. The van der Waals surface area contributed by atoms with Gasteiger partial charge in [0, 0.05) is 12.0 Å². The van der Waals surface area contributed by atoms with Gasteiger partial charge in [0.25, 0.3) is 5.91 Å². The van der Waals surface area contributed by atoms with E-state index in [-0.39, 0.29) is 5.91 Å². The number of nitrogens with one attached hydrogen (secondary N) is 1. The van der Waals surface area contributed by atoms with Gasteiger partial charge in [-0.3, -0.25) is 10.1 Å². The molecule has 0 spiro atoms. The Bertz CT molecular complexity index is 915. The number of carbonyl (C=O) groups is 1. The van der Waals surface area contributed by atoms with Crippen LogP contribution in [0, 0.1) is 5.92 Å². The lowest BCUT2D eigenvalue weighted by molar-refractivity contribution is 0.101. The van der Waals surface area contributed by atoms with Crippen molar-refractivity contribution in [3.63, 3.8) is 0 Å². The number of amides is 1. The first-order valence-corrected chi connectivity index (χ1v) is 8.69. The summed E-state index contributed by atoms with van der Waals surface area (Å²) in [5.74, 6) is 1.88. The number of ether oxygens (including phenoxy) is 1. The van der Waals surface area contributed by atoms with Crippen molar-refractivity contribution >= 4 is 32.6 Å². The molecule has 2 heterocycles. The summed E-state index contributed by atoms with van der Waals surface area (Å²) in [5, 5.41) is 7.37. The third kappa shape index (κ3) is 2.65. The number of nitrogens with zero attached hydrogens (tertiary/aromatic N) is 2. The molecule has 1 amide bonds. The van der Waals surface area contributed by atoms with Crippen LogP contribution in [0.25, 0.3) is 10.2 Å². The van der Waals surface area contributed by atoms with Gasteiger partial charge in [0.15, 0.2) is 10.8 Å². The highest BCUT2D eigenvalue weighted by atomic mass is 32.1. The quantitative estimate of drug-likeness (QED) is 0.785. The molecule has 1 atom stereocenters. The monoisotopic (exact) mass is 343 g/mol. The van der Waals surface area contributed by atoms with Crippen LogP contribution in [-0.2, 0) is 12.8 Å². The van der Waals surface area contributed by atoms with Crippen LogP contribution in [0.3, 0.4) is 0 Å². The van der Waals surface area contributed by atoms with Gasteiger partial charge in [0.2, 0.25) is 0 Å². The lowest BCUT2D eigenvalue weighted by atomic mass is 9.88. The van der Waals surface area contributed by atoms with Crippen molar-refractivity contribution in [3.8, 4) is 5.75 Å². The summed E-state index contributed by atoms with van der Waals surface area (Å²) >= 11 is 1.41. The number of thiazole rings is 1. The second-order valence-electron chi connectivity index (χ2n) is 6.09. The van der Waals surface area contributed by atoms with E-state index in [0.29, 0.717) is 16.7 Å². The Morgan fingerprint density at radius 1 is 1.46 bits per heavy atom. The molecule has 0 aliphatic heterocycles. The topological polar surface area (TPSA) is 77.2 Å². The molecule has 3 aromatic rings. The number of fused-ring (bicyclic) bond motifs is 2. The Morgan fingerprint density at radius 3 is 3.17 bits per heavy atom. The van der Waals surface area contributed by atoms with Gasteiger partial charge in [0.05, 0.1) is 17.3 Å². The predicted molar refractivity (Wildman–Crippen MR) is 91.8 cm³/mol. The average Bonchev–Trinajstić information content (AvgIpc) is 3.16. The first-order valence-electron chi connectivity index (χ1n) is 7.87. The van der Waals surface area contributed by atoms with Gasteiger partial charge in [-0.05, 0) is 37.0 Å². The van der Waals surface area contributed by atoms with Crippen LogP contribution in [0.5, 0.6) is 5.75 Å². The molecule has 1 aliphatic rings. The molecule has 4 rings (SSSR count). The maximum Gasteiger partial charge on any atom is 0.279 e. The lowest BCUT2D eigenvalue weighted by Gasteiger charge is -2.16. The Hall–Kier alpha value is -2.41. The first kappa shape index (κ1) is 15.1. The zero-order valence-electron chi connectivity index (χ0n) is 13.5. The molecule has 7 heteroatoms. The van der Waals surface area contributed by atoms with Crippen LogP contribution >= 0.6 is 11.3 Å². The van der Waals surface area contributed by atoms with Crippen LogP contribution in [0.15, 0.2) is 22.7 Å². The van der Waals surface area contributed by atoms with Crippen molar-refractivity contribution in [1.82, 2.24) is 10.1 Å². The third-order valence-corrected chi connectivity index (χ3v) is 5.25. The van der Waals surface area contributed by atoms with E-state index >= 15 is 0 Å². The van der Waals surface area contributed by atoms with E-state index in [1.165, 1.54) is 11.3 Å². The number of methoxy groups -OCH3 is 1. The second-order valence-corrected chi connectivity index (χ2v) is 7.12. The number of carbonyl (C=O) groups excluding carboxylic acids is 1. The minimum atomic E-state index is -0.264. The molecular formula is C17H17N3O3S. The summed E-state index contributed by atoms with van der Waals surface area (Å²) in [6.07, 6.45) is 2.75. The molecule has 1 N–H and O–H groups in total. The van der Waals surface area contributed by atoms with E-state index < -0.39 is 0 Å². The van der Waals surface area contributed by atoms with Crippen molar-refractivity contribution in [2.45, 2.75) is 26.2 Å². The van der Waals surface area contributed by atoms with Gasteiger partial charge in [0.1, 0.15) is 11.5 Å². The Labute approximate surface area is 142 Å². The maximum absolute atomic E-state index is 12.6. The highest BCUT2D eigenvalue weighted by Crippen LogP contribution is 2.31. The summed E-state index contributed by atoms with van der Waals surface area (Å²) < 4.78 is 11.5. The Morgan fingerprint density at radius 2 is 2.33 bits per heavy atom. The Balaban J connectivity index is 1.59. The fourth-order valence-corrected chi connectivity index (χ4v) is 3.89. The van der Waals surface area contributed by atoms with Gasteiger partial charge in [-0.1, -0.05) is 23.4 Å². The number of aromatic nitrogens is 2. The highest BCUT2D eigenvalue weighted by Gasteiger charge is 2.27. The first-order chi connectivity index (χ1) is 11.6. The summed E-state index contributed by atoms with van der Waals surface area (Å²) in [5.41, 5.74) is 2.15. The van der Waals surface area contributed by atoms with E-state index in [0.717, 1.165) is 46.6 Å². The zero-order valence-corrected chi connectivity index (χ0v) is 14.3. The molecule has 24 heavy (non-hydrogen) atoms. The standard InChI is InChI=1S/C17H17N3O3S/c1-9-3-6-13-11(7-9)15(20-23-13)16(21)19-17-18-12-5-4-10(22-2)8-14(12)24-17/h4-5,8-9H,3,6-7H2,1-2H3,(H,18,19,21)/t9-/m0/s1.